The summed E-state index contributed by atoms with van der Waals surface area (Å²) in [6, 6.07) is 2.22. The Morgan fingerprint density at radius 1 is 1.23 bits per heavy atom. The van der Waals surface area contributed by atoms with Crippen molar-refractivity contribution >= 4 is 17.4 Å². The molecule has 6 nitrogen and oxygen atoms in total. The molecule has 3 aromatic heterocycles. The maximum absolute atomic E-state index is 12.7. The van der Waals surface area contributed by atoms with Crippen molar-refractivity contribution in [2.45, 2.75) is 12.8 Å². The quantitative estimate of drug-likeness (QED) is 0.781. The third-order valence-electron chi connectivity index (χ3n) is 2.88. The highest BCUT2D eigenvalue weighted by atomic mass is 35.5. The molecule has 114 valence electrons. The Morgan fingerprint density at radius 3 is 2.64 bits per heavy atom. The highest BCUT2D eigenvalue weighted by molar-refractivity contribution is 6.33. The van der Waals surface area contributed by atoms with Crippen molar-refractivity contribution in [2.75, 3.05) is 0 Å². The van der Waals surface area contributed by atoms with Gasteiger partial charge in [-0.2, -0.15) is 27.8 Å². The average molecular weight is 330 g/mol. The third kappa shape index (κ3) is 2.48. The first-order chi connectivity index (χ1) is 10.4. The van der Waals surface area contributed by atoms with Crippen molar-refractivity contribution < 1.29 is 18.3 Å². The first-order valence-electron chi connectivity index (χ1n) is 5.94. The van der Waals surface area contributed by atoms with E-state index in [-0.39, 0.29) is 34.5 Å². The first kappa shape index (κ1) is 14.7. The second-order valence-corrected chi connectivity index (χ2v) is 4.72. The van der Waals surface area contributed by atoms with Gasteiger partial charge >= 0.3 is 6.18 Å². The maximum atomic E-state index is 12.7. The molecule has 0 fully saturated rings. The van der Waals surface area contributed by atoms with Crippen LogP contribution in [-0.2, 0) is 12.8 Å². The maximum Gasteiger partial charge on any atom is 0.417 e. The lowest BCUT2D eigenvalue weighted by molar-refractivity contribution is -0.137. The van der Waals surface area contributed by atoms with Crippen LogP contribution < -0.4 is 0 Å². The number of pyridine rings is 1. The number of hydrogen-bond acceptors (Lipinski definition) is 5. The van der Waals surface area contributed by atoms with Gasteiger partial charge in [-0.25, -0.2) is 4.98 Å². The topological polar surface area (TPSA) is 76.2 Å². The van der Waals surface area contributed by atoms with Crippen LogP contribution in [0, 0.1) is 0 Å². The largest absolute Gasteiger partial charge is 0.417 e. The summed E-state index contributed by atoms with van der Waals surface area (Å²) >= 11 is 5.93. The van der Waals surface area contributed by atoms with Crippen LogP contribution in [0.4, 0.5) is 13.2 Å². The lowest BCUT2D eigenvalue weighted by Gasteiger charge is -2.10. The normalized spacial score (nSPS) is 12.0. The Hall–Kier alpha value is -2.26. The van der Waals surface area contributed by atoms with E-state index in [1.54, 1.807) is 0 Å². The minimum atomic E-state index is -4.54. The summed E-state index contributed by atoms with van der Waals surface area (Å²) < 4.78 is 39.2. The van der Waals surface area contributed by atoms with Crippen LogP contribution in [0.15, 0.2) is 24.7 Å². The molecule has 0 amide bonds. The van der Waals surface area contributed by atoms with Gasteiger partial charge in [0.2, 0.25) is 0 Å². The zero-order valence-corrected chi connectivity index (χ0v) is 11.5. The predicted molar refractivity (Wildman–Crippen MR) is 69.9 cm³/mol. The summed E-state index contributed by atoms with van der Waals surface area (Å²) in [5.74, 6) is 0.180. The molecule has 0 bridgehead atoms. The molecular weight excluding hydrogens is 323 g/mol. The Morgan fingerprint density at radius 2 is 2.00 bits per heavy atom. The van der Waals surface area contributed by atoms with Crippen LogP contribution in [0.25, 0.3) is 17.2 Å². The van der Waals surface area contributed by atoms with Crippen LogP contribution in [0.1, 0.15) is 11.3 Å². The van der Waals surface area contributed by atoms with E-state index in [1.807, 2.05) is 0 Å². The summed E-state index contributed by atoms with van der Waals surface area (Å²) in [5.41, 5.74) is -0.312. The average Bonchev–Trinajstić information content (AvgIpc) is 2.93. The Bertz CT molecular complexity index is 848. The van der Waals surface area contributed by atoms with Crippen LogP contribution in [0.2, 0.25) is 5.02 Å². The number of aliphatic hydroxyl groups is 1. The molecule has 0 atom stereocenters. The van der Waals surface area contributed by atoms with Gasteiger partial charge in [-0.05, 0) is 12.1 Å². The molecule has 1 N–H and O–H groups in total. The van der Waals surface area contributed by atoms with E-state index in [0.717, 1.165) is 6.07 Å². The van der Waals surface area contributed by atoms with Gasteiger partial charge in [-0.1, -0.05) is 11.6 Å². The monoisotopic (exact) mass is 329 g/mol. The number of nitrogens with zero attached hydrogens (tertiary/aromatic N) is 5. The lowest BCUT2D eigenvalue weighted by atomic mass is 10.2. The van der Waals surface area contributed by atoms with Gasteiger partial charge in [0.05, 0.1) is 28.6 Å². The summed E-state index contributed by atoms with van der Waals surface area (Å²) in [6.45, 7) is -0.366. The van der Waals surface area contributed by atoms with Gasteiger partial charge in [0.1, 0.15) is 12.0 Å². The summed E-state index contributed by atoms with van der Waals surface area (Å²) in [7, 11) is 0. The van der Waals surface area contributed by atoms with Crippen LogP contribution in [0.3, 0.4) is 0 Å². The van der Waals surface area contributed by atoms with Gasteiger partial charge in [-0.3, -0.25) is 4.98 Å². The van der Waals surface area contributed by atoms with Crippen LogP contribution >= 0.6 is 11.6 Å². The molecule has 3 heterocycles. The number of alkyl halides is 3. The third-order valence-corrected chi connectivity index (χ3v) is 3.17. The molecule has 0 saturated carbocycles. The fourth-order valence-corrected chi connectivity index (χ4v) is 2.16. The summed E-state index contributed by atoms with van der Waals surface area (Å²) in [5, 5.41) is 12.9. The standard InChI is InChI=1S/C12H7ClF3N5O/c13-8-1-6(12(14,15)16)3-17-10(8)9-2-7(4-22)20-11-18-5-19-21(9)11/h1-3,5,22H,4H2. The molecule has 3 rings (SSSR count). The van der Waals surface area contributed by atoms with Crippen molar-refractivity contribution in [2.24, 2.45) is 0 Å². The van der Waals surface area contributed by atoms with Crippen molar-refractivity contribution in [1.29, 1.82) is 0 Å². The molecular formula is C12H7ClF3N5O. The van der Waals surface area contributed by atoms with Gasteiger partial charge in [0, 0.05) is 6.20 Å². The molecule has 0 aliphatic rings. The van der Waals surface area contributed by atoms with Crippen LogP contribution in [-0.4, -0.2) is 29.7 Å². The molecule has 22 heavy (non-hydrogen) atoms. The fraction of sp³-hybridized carbons (Fsp3) is 0.167. The Balaban J connectivity index is 2.21. The molecule has 0 unspecified atom stereocenters. The number of halogens is 4. The SMILES string of the molecule is OCc1cc(-c2ncc(C(F)(F)F)cc2Cl)n2ncnc2n1. The second-order valence-electron chi connectivity index (χ2n) is 4.31. The summed E-state index contributed by atoms with van der Waals surface area (Å²) in [4.78, 5) is 11.7. The van der Waals surface area contributed by atoms with E-state index in [4.69, 9.17) is 11.6 Å². The number of fused-ring (bicyclic) bond motifs is 1. The minimum Gasteiger partial charge on any atom is -0.390 e. The van der Waals surface area contributed by atoms with E-state index in [1.165, 1.54) is 16.9 Å². The van der Waals surface area contributed by atoms with E-state index in [2.05, 4.69) is 20.1 Å². The van der Waals surface area contributed by atoms with Crippen molar-refractivity contribution in [3.63, 3.8) is 0 Å². The van der Waals surface area contributed by atoms with Gasteiger partial charge in [0.25, 0.3) is 5.78 Å². The molecule has 3 aromatic rings. The molecule has 0 spiro atoms. The van der Waals surface area contributed by atoms with Gasteiger partial charge < -0.3 is 5.11 Å². The number of aliphatic hydroxyl groups excluding tert-OH is 1. The Kier molecular flexibility index (Phi) is 3.45. The van der Waals surface area contributed by atoms with Gasteiger partial charge in [-0.15, -0.1) is 0 Å². The summed E-state index contributed by atoms with van der Waals surface area (Å²) in [6.07, 6.45) is -2.62. The fourth-order valence-electron chi connectivity index (χ4n) is 1.89. The number of aromatic nitrogens is 5. The van der Waals surface area contributed by atoms with E-state index >= 15 is 0 Å². The molecule has 0 aliphatic heterocycles. The van der Waals surface area contributed by atoms with Crippen molar-refractivity contribution in [1.82, 2.24) is 24.6 Å². The predicted octanol–water partition coefficient (Wildman–Crippen LogP) is 2.35. The molecule has 0 aromatic carbocycles. The number of hydrogen-bond donors (Lipinski definition) is 1. The zero-order valence-electron chi connectivity index (χ0n) is 10.7. The smallest absolute Gasteiger partial charge is 0.390 e. The van der Waals surface area contributed by atoms with Crippen molar-refractivity contribution in [3.05, 3.63) is 40.9 Å². The van der Waals surface area contributed by atoms with E-state index < -0.39 is 11.7 Å². The van der Waals surface area contributed by atoms with Gasteiger partial charge in [0.15, 0.2) is 0 Å². The molecule has 0 aliphatic carbocycles. The minimum absolute atomic E-state index is 0.0854. The van der Waals surface area contributed by atoms with E-state index in [0.29, 0.717) is 6.20 Å². The highest BCUT2D eigenvalue weighted by Crippen LogP contribution is 2.34. The van der Waals surface area contributed by atoms with E-state index in [9.17, 15) is 18.3 Å². The molecule has 10 heteroatoms. The zero-order chi connectivity index (χ0) is 15.9. The lowest BCUT2D eigenvalue weighted by Crippen LogP contribution is -2.07. The second kappa shape index (κ2) is 5.18. The molecule has 0 radical (unpaired) electrons. The molecule has 0 saturated heterocycles. The highest BCUT2D eigenvalue weighted by Gasteiger charge is 2.32. The number of rotatable bonds is 2. The van der Waals surface area contributed by atoms with Crippen molar-refractivity contribution in [3.8, 4) is 11.4 Å². The van der Waals surface area contributed by atoms with Crippen LogP contribution in [0.5, 0.6) is 0 Å². The Labute approximate surface area is 126 Å². The first-order valence-corrected chi connectivity index (χ1v) is 6.31.